The molecular formula is C22H19ClF3N7O2. The molecule has 0 radical (unpaired) electrons. The second kappa shape index (κ2) is 9.04. The number of allylic oxidation sites excluding steroid dienone is 1. The molecular weight excluding hydrogens is 487 g/mol. The van der Waals surface area contributed by atoms with E-state index in [1.54, 1.807) is 18.2 Å². The van der Waals surface area contributed by atoms with Crippen LogP contribution in [-0.2, 0) is 6.54 Å². The molecule has 0 fully saturated rings. The first-order valence-corrected chi connectivity index (χ1v) is 10.5. The van der Waals surface area contributed by atoms with E-state index in [4.69, 9.17) is 27.6 Å². The van der Waals surface area contributed by atoms with Gasteiger partial charge in [-0.05, 0) is 49.2 Å². The summed E-state index contributed by atoms with van der Waals surface area (Å²) in [7, 11) is 0. The van der Waals surface area contributed by atoms with Crippen molar-refractivity contribution in [2.75, 3.05) is 0 Å². The van der Waals surface area contributed by atoms with Gasteiger partial charge in [0.25, 0.3) is 0 Å². The Bertz CT molecular complexity index is 1510. The number of aromatic nitrogens is 4. The number of halogens is 4. The van der Waals surface area contributed by atoms with Crippen LogP contribution in [-0.4, -0.2) is 30.9 Å². The third-order valence-corrected chi connectivity index (χ3v) is 5.26. The van der Waals surface area contributed by atoms with Gasteiger partial charge in [0, 0.05) is 12.4 Å². The largest absolute Gasteiger partial charge is 0.432 e. The summed E-state index contributed by atoms with van der Waals surface area (Å²) in [5.74, 6) is 5.81. The molecule has 0 aliphatic heterocycles. The van der Waals surface area contributed by atoms with E-state index in [0.717, 1.165) is 16.1 Å². The molecule has 182 valence electrons. The van der Waals surface area contributed by atoms with Gasteiger partial charge in [0.05, 0.1) is 28.2 Å². The predicted octanol–water partition coefficient (Wildman–Crippen LogP) is 3.74. The molecule has 4 aromatic rings. The molecule has 9 nitrogen and oxygen atoms in total. The number of nitrogens with zero attached hydrogens (tertiary/aromatic N) is 5. The lowest BCUT2D eigenvalue weighted by molar-refractivity contribution is -0.0938. The number of rotatable bonds is 5. The number of hydrazine groups is 1. The average molecular weight is 506 g/mol. The average Bonchev–Trinajstić information content (AvgIpc) is 3.17. The highest BCUT2D eigenvalue weighted by Gasteiger charge is 2.32. The Balaban J connectivity index is 1.86. The number of benzene rings is 1. The molecule has 0 saturated heterocycles. The minimum atomic E-state index is -4.74. The van der Waals surface area contributed by atoms with Crippen LogP contribution in [0.15, 0.2) is 57.6 Å². The molecule has 35 heavy (non-hydrogen) atoms. The van der Waals surface area contributed by atoms with Gasteiger partial charge in [0.15, 0.2) is 5.82 Å². The van der Waals surface area contributed by atoms with Gasteiger partial charge in [0.2, 0.25) is 5.89 Å². The standard InChI is InChI=1S/C22H19ClF3N7O2/c1-11-6-12(2)18-14(7-11)21(34)35-20(30-18)16-8-13(9-32(28)10-17(27)22(24,25)26)31-33(16)19-15(23)4-3-5-29-19/h3-8,10H,9,27-28H2,1-2H3/b17-10-. The number of pyridine rings is 1. The Morgan fingerprint density at radius 2 is 2.03 bits per heavy atom. The molecule has 0 aliphatic carbocycles. The zero-order chi connectivity index (χ0) is 25.5. The summed E-state index contributed by atoms with van der Waals surface area (Å²) in [6.07, 6.45) is -2.71. The van der Waals surface area contributed by atoms with Crippen molar-refractivity contribution >= 4 is 22.5 Å². The van der Waals surface area contributed by atoms with Gasteiger partial charge in [-0.2, -0.15) is 18.3 Å². The van der Waals surface area contributed by atoms with E-state index < -0.39 is 17.5 Å². The Morgan fingerprint density at radius 3 is 2.71 bits per heavy atom. The van der Waals surface area contributed by atoms with Crippen molar-refractivity contribution in [2.45, 2.75) is 26.6 Å². The van der Waals surface area contributed by atoms with Crippen LogP contribution in [0.2, 0.25) is 5.02 Å². The van der Waals surface area contributed by atoms with E-state index >= 15 is 0 Å². The number of aryl methyl sites for hydroxylation is 2. The van der Waals surface area contributed by atoms with Crippen molar-refractivity contribution in [2.24, 2.45) is 11.6 Å². The van der Waals surface area contributed by atoms with Crippen LogP contribution in [0.3, 0.4) is 0 Å². The summed E-state index contributed by atoms with van der Waals surface area (Å²) in [5.41, 5.74) is 5.53. The first-order valence-electron chi connectivity index (χ1n) is 10.1. The Labute approximate surface area is 201 Å². The SMILES string of the molecule is Cc1cc(C)c2nc(-c3cc(CN(N)/C=C(\N)C(F)(F)F)nn3-c3ncccc3Cl)oc(=O)c2c1. The maximum atomic E-state index is 12.8. The van der Waals surface area contributed by atoms with Crippen molar-refractivity contribution in [3.05, 3.63) is 80.7 Å². The Hall–Kier alpha value is -3.90. The van der Waals surface area contributed by atoms with Gasteiger partial charge in [-0.3, -0.25) is 0 Å². The van der Waals surface area contributed by atoms with Crippen LogP contribution in [0.25, 0.3) is 28.3 Å². The summed E-state index contributed by atoms with van der Waals surface area (Å²) in [6, 6.07) is 8.20. The van der Waals surface area contributed by atoms with Crippen molar-refractivity contribution in [3.63, 3.8) is 0 Å². The molecule has 0 unspecified atom stereocenters. The lowest BCUT2D eigenvalue weighted by Gasteiger charge is -2.14. The molecule has 0 saturated carbocycles. The number of fused-ring (bicyclic) bond motifs is 1. The number of hydrogen-bond donors (Lipinski definition) is 2. The molecule has 4 rings (SSSR count). The summed E-state index contributed by atoms with van der Waals surface area (Å²) >= 11 is 6.30. The van der Waals surface area contributed by atoms with Gasteiger partial charge < -0.3 is 15.2 Å². The molecule has 0 atom stereocenters. The van der Waals surface area contributed by atoms with Gasteiger partial charge in [-0.15, -0.1) is 0 Å². The van der Waals surface area contributed by atoms with E-state index in [1.165, 1.54) is 16.9 Å². The first kappa shape index (κ1) is 24.2. The van der Waals surface area contributed by atoms with Gasteiger partial charge in [-0.25, -0.2) is 25.3 Å². The van der Waals surface area contributed by atoms with Crippen LogP contribution >= 0.6 is 11.6 Å². The van der Waals surface area contributed by atoms with Gasteiger partial charge >= 0.3 is 11.8 Å². The molecule has 4 N–H and O–H groups in total. The van der Waals surface area contributed by atoms with E-state index in [1.807, 2.05) is 19.9 Å². The van der Waals surface area contributed by atoms with Crippen LogP contribution in [0.1, 0.15) is 16.8 Å². The molecule has 1 aromatic carbocycles. The minimum Gasteiger partial charge on any atom is -0.401 e. The fourth-order valence-corrected chi connectivity index (χ4v) is 3.68. The second-order valence-corrected chi connectivity index (χ2v) is 8.19. The fraction of sp³-hybridized carbons (Fsp3) is 0.182. The molecule has 0 amide bonds. The van der Waals surface area contributed by atoms with E-state index in [9.17, 15) is 18.0 Å². The third kappa shape index (κ3) is 4.98. The quantitative estimate of drug-likeness (QED) is 0.310. The number of nitrogens with two attached hydrogens (primary N) is 2. The van der Waals surface area contributed by atoms with Crippen molar-refractivity contribution < 1.29 is 17.6 Å². The monoisotopic (exact) mass is 505 g/mol. The number of hydrogen-bond acceptors (Lipinski definition) is 8. The molecule has 0 aliphatic rings. The summed E-state index contributed by atoms with van der Waals surface area (Å²) in [6.45, 7) is 3.40. The van der Waals surface area contributed by atoms with Crippen LogP contribution in [0, 0.1) is 13.8 Å². The van der Waals surface area contributed by atoms with Crippen LogP contribution < -0.4 is 17.2 Å². The normalized spacial score (nSPS) is 12.4. The van der Waals surface area contributed by atoms with Crippen LogP contribution in [0.4, 0.5) is 13.2 Å². The lowest BCUT2D eigenvalue weighted by atomic mass is 10.1. The van der Waals surface area contributed by atoms with Crippen molar-refractivity contribution in [3.8, 4) is 17.4 Å². The lowest BCUT2D eigenvalue weighted by Crippen LogP contribution is -2.29. The maximum Gasteiger partial charge on any atom is 0.432 e. The second-order valence-electron chi connectivity index (χ2n) is 7.78. The molecule has 13 heteroatoms. The molecule has 0 spiro atoms. The van der Waals surface area contributed by atoms with Gasteiger partial charge in [0.1, 0.15) is 11.4 Å². The Morgan fingerprint density at radius 1 is 1.29 bits per heavy atom. The van der Waals surface area contributed by atoms with Crippen molar-refractivity contribution in [1.29, 1.82) is 0 Å². The predicted molar refractivity (Wildman–Crippen MR) is 123 cm³/mol. The Kier molecular flexibility index (Phi) is 6.26. The van der Waals surface area contributed by atoms with Crippen molar-refractivity contribution in [1.82, 2.24) is 24.8 Å². The highest BCUT2D eigenvalue weighted by Crippen LogP contribution is 2.28. The number of alkyl halides is 3. The summed E-state index contributed by atoms with van der Waals surface area (Å²) in [5, 5.41) is 5.64. The summed E-state index contributed by atoms with van der Waals surface area (Å²) in [4.78, 5) is 21.5. The minimum absolute atomic E-state index is 0.0798. The zero-order valence-electron chi connectivity index (χ0n) is 18.5. The molecule has 3 heterocycles. The third-order valence-electron chi connectivity index (χ3n) is 4.96. The van der Waals surface area contributed by atoms with E-state index in [2.05, 4.69) is 15.1 Å². The molecule has 3 aromatic heterocycles. The first-order chi connectivity index (χ1) is 16.4. The summed E-state index contributed by atoms with van der Waals surface area (Å²) < 4.78 is 45.0. The molecule has 0 bridgehead atoms. The highest BCUT2D eigenvalue weighted by atomic mass is 35.5. The van der Waals surface area contributed by atoms with E-state index in [-0.39, 0.29) is 34.7 Å². The zero-order valence-corrected chi connectivity index (χ0v) is 19.2. The van der Waals surface area contributed by atoms with E-state index in [0.29, 0.717) is 17.1 Å². The highest BCUT2D eigenvalue weighted by molar-refractivity contribution is 6.32. The van der Waals surface area contributed by atoms with Gasteiger partial charge in [-0.1, -0.05) is 17.7 Å². The fourth-order valence-electron chi connectivity index (χ4n) is 3.48. The smallest absolute Gasteiger partial charge is 0.401 e. The van der Waals surface area contributed by atoms with Crippen LogP contribution in [0.5, 0.6) is 0 Å². The maximum absolute atomic E-state index is 12.8. The topological polar surface area (TPSA) is 129 Å².